The van der Waals surface area contributed by atoms with Crippen LogP contribution in [0.4, 0.5) is 5.69 Å². The van der Waals surface area contributed by atoms with E-state index in [2.05, 4.69) is 5.32 Å². The molecule has 0 aliphatic heterocycles. The molecular weight excluding hydrogens is 357 g/mol. The molecule has 0 radical (unpaired) electrons. The van der Waals surface area contributed by atoms with Gasteiger partial charge in [0.15, 0.2) is 0 Å². The van der Waals surface area contributed by atoms with Gasteiger partial charge in [-0.1, -0.05) is 36.5 Å². The Balaban J connectivity index is 2.27. The van der Waals surface area contributed by atoms with Crippen molar-refractivity contribution in [3.05, 3.63) is 22.2 Å². The summed E-state index contributed by atoms with van der Waals surface area (Å²) in [5, 5.41) is 2.77. The highest BCUT2D eigenvalue weighted by Gasteiger charge is 2.30. The summed E-state index contributed by atoms with van der Waals surface area (Å²) < 4.78 is 22.6. The summed E-state index contributed by atoms with van der Waals surface area (Å²) in [5.41, 5.74) is 0.214. The van der Waals surface area contributed by atoms with Gasteiger partial charge in [-0.25, -0.2) is 8.42 Å². The molecule has 0 heterocycles. The summed E-state index contributed by atoms with van der Waals surface area (Å²) in [5.74, 6) is 0.0869. The lowest BCUT2D eigenvalue weighted by atomic mass is 9.97. The van der Waals surface area contributed by atoms with Crippen LogP contribution in [0.2, 0.25) is 10.0 Å². The van der Waals surface area contributed by atoms with Gasteiger partial charge in [0, 0.05) is 16.6 Å². The summed E-state index contributed by atoms with van der Waals surface area (Å²) in [6.45, 7) is 2.03. The van der Waals surface area contributed by atoms with E-state index < -0.39 is 9.05 Å². The Bertz CT molecular complexity index is 652. The molecule has 0 bridgehead atoms. The topological polar surface area (TPSA) is 63.2 Å². The van der Waals surface area contributed by atoms with Gasteiger partial charge in [-0.05, 0) is 30.9 Å². The lowest BCUT2D eigenvalue weighted by molar-refractivity contribution is -0.120. The molecule has 2 atom stereocenters. The third kappa shape index (κ3) is 3.83. The molecule has 2 unspecified atom stereocenters. The van der Waals surface area contributed by atoms with Crippen LogP contribution in [-0.2, 0) is 13.8 Å². The largest absolute Gasteiger partial charge is 0.323 e. The average Bonchev–Trinajstić information content (AvgIpc) is 2.78. The summed E-state index contributed by atoms with van der Waals surface area (Å²) in [4.78, 5) is 12.0. The van der Waals surface area contributed by atoms with Gasteiger partial charge in [0.2, 0.25) is 5.91 Å². The first-order valence-corrected chi connectivity index (χ1v) is 9.51. The van der Waals surface area contributed by atoms with E-state index in [1.807, 2.05) is 6.92 Å². The fourth-order valence-electron chi connectivity index (χ4n) is 2.56. The van der Waals surface area contributed by atoms with E-state index in [0.29, 0.717) is 5.92 Å². The zero-order valence-electron chi connectivity index (χ0n) is 11.2. The molecule has 1 amide bonds. The molecule has 1 N–H and O–H groups in total. The van der Waals surface area contributed by atoms with Crippen LogP contribution >= 0.6 is 33.9 Å². The van der Waals surface area contributed by atoms with Crippen molar-refractivity contribution in [1.82, 2.24) is 0 Å². The van der Waals surface area contributed by atoms with E-state index in [1.54, 1.807) is 0 Å². The Morgan fingerprint density at radius 2 is 1.81 bits per heavy atom. The van der Waals surface area contributed by atoms with E-state index >= 15 is 0 Å². The van der Waals surface area contributed by atoms with Crippen LogP contribution in [0.3, 0.4) is 0 Å². The lowest BCUT2D eigenvalue weighted by Crippen LogP contribution is -2.24. The number of halogens is 3. The van der Waals surface area contributed by atoms with Gasteiger partial charge in [0.1, 0.15) is 0 Å². The Morgan fingerprint density at radius 3 is 2.24 bits per heavy atom. The van der Waals surface area contributed by atoms with Crippen molar-refractivity contribution in [2.75, 3.05) is 5.32 Å². The van der Waals surface area contributed by atoms with Crippen molar-refractivity contribution >= 4 is 54.5 Å². The van der Waals surface area contributed by atoms with Crippen molar-refractivity contribution in [1.29, 1.82) is 0 Å². The molecule has 1 aliphatic carbocycles. The normalized spacial score (nSPS) is 22.3. The molecule has 0 spiro atoms. The summed E-state index contributed by atoms with van der Waals surface area (Å²) in [6, 6.07) is 2.34. The van der Waals surface area contributed by atoms with Crippen LogP contribution in [-0.4, -0.2) is 14.3 Å². The zero-order valence-corrected chi connectivity index (χ0v) is 14.3. The number of hydrogen-bond acceptors (Lipinski definition) is 3. The molecule has 21 heavy (non-hydrogen) atoms. The van der Waals surface area contributed by atoms with Gasteiger partial charge in [-0.2, -0.15) is 0 Å². The second kappa shape index (κ2) is 6.32. The molecule has 2 rings (SSSR count). The third-order valence-corrected chi connectivity index (χ3v) is 5.67. The molecule has 1 fully saturated rings. The number of hydrogen-bond donors (Lipinski definition) is 1. The zero-order chi connectivity index (χ0) is 15.8. The molecule has 1 saturated carbocycles. The maximum Gasteiger partial charge on any atom is 0.261 e. The number of anilines is 1. The van der Waals surface area contributed by atoms with Crippen molar-refractivity contribution < 1.29 is 13.2 Å². The van der Waals surface area contributed by atoms with Crippen LogP contribution < -0.4 is 5.32 Å². The van der Waals surface area contributed by atoms with Gasteiger partial charge in [-0.15, -0.1) is 0 Å². The van der Waals surface area contributed by atoms with E-state index in [9.17, 15) is 13.2 Å². The number of carbonyl (C=O) groups is 1. The number of nitrogens with one attached hydrogen (secondary N) is 1. The Morgan fingerprint density at radius 1 is 1.24 bits per heavy atom. The van der Waals surface area contributed by atoms with Crippen molar-refractivity contribution in [3.8, 4) is 0 Å². The van der Waals surface area contributed by atoms with Gasteiger partial charge >= 0.3 is 0 Å². The van der Waals surface area contributed by atoms with Gasteiger partial charge in [0.05, 0.1) is 20.6 Å². The fourth-order valence-corrected chi connectivity index (χ4v) is 4.06. The first kappa shape index (κ1) is 16.9. The van der Waals surface area contributed by atoms with Crippen molar-refractivity contribution in [2.45, 2.75) is 31.1 Å². The number of benzene rings is 1. The van der Waals surface area contributed by atoms with Crippen LogP contribution in [0, 0.1) is 11.8 Å². The predicted molar refractivity (Wildman–Crippen MR) is 84.6 cm³/mol. The minimum Gasteiger partial charge on any atom is -0.323 e. The first-order valence-electron chi connectivity index (χ1n) is 6.44. The van der Waals surface area contributed by atoms with Crippen molar-refractivity contribution in [2.24, 2.45) is 11.8 Å². The minimum atomic E-state index is -3.93. The molecule has 4 nitrogen and oxygen atoms in total. The molecule has 8 heteroatoms. The van der Waals surface area contributed by atoms with Crippen LogP contribution in [0.5, 0.6) is 0 Å². The second-order valence-corrected chi connectivity index (χ2v) is 8.58. The molecular formula is C13H14Cl3NO3S. The monoisotopic (exact) mass is 369 g/mol. The molecule has 1 aromatic carbocycles. The number of rotatable bonds is 3. The first-order chi connectivity index (χ1) is 9.70. The van der Waals surface area contributed by atoms with E-state index in [-0.39, 0.29) is 32.5 Å². The fraction of sp³-hybridized carbons (Fsp3) is 0.462. The summed E-state index contributed by atoms with van der Waals surface area (Å²) >= 11 is 12.0. The van der Waals surface area contributed by atoms with Crippen LogP contribution in [0.25, 0.3) is 0 Å². The van der Waals surface area contributed by atoms with E-state index in [0.717, 1.165) is 19.3 Å². The molecule has 0 saturated heterocycles. The number of carbonyl (C=O) groups excluding carboxylic acids is 1. The van der Waals surface area contributed by atoms with E-state index in [1.165, 1.54) is 12.1 Å². The average molecular weight is 371 g/mol. The van der Waals surface area contributed by atoms with Crippen LogP contribution in [0.1, 0.15) is 26.2 Å². The van der Waals surface area contributed by atoms with Gasteiger partial charge < -0.3 is 5.32 Å². The Labute approximate surface area is 138 Å². The molecule has 0 aromatic heterocycles. The summed E-state index contributed by atoms with van der Waals surface area (Å²) in [6.07, 6.45) is 2.86. The lowest BCUT2D eigenvalue weighted by Gasteiger charge is -2.17. The maximum atomic E-state index is 12.2. The Kier molecular flexibility index (Phi) is 5.08. The van der Waals surface area contributed by atoms with E-state index in [4.69, 9.17) is 33.9 Å². The second-order valence-electron chi connectivity index (χ2n) is 5.20. The predicted octanol–water partition coefficient (Wildman–Crippen LogP) is 4.30. The highest BCUT2D eigenvalue weighted by Crippen LogP contribution is 2.37. The van der Waals surface area contributed by atoms with Crippen molar-refractivity contribution in [3.63, 3.8) is 0 Å². The highest BCUT2D eigenvalue weighted by atomic mass is 35.7. The minimum absolute atomic E-state index is 0.0423. The van der Waals surface area contributed by atoms with Gasteiger partial charge in [0.25, 0.3) is 9.05 Å². The van der Waals surface area contributed by atoms with Gasteiger partial charge in [-0.3, -0.25) is 4.79 Å². The number of amides is 1. The Hall–Kier alpha value is -0.490. The SMILES string of the molecule is CC1CCCC1C(=O)Nc1c(Cl)cc(S(=O)(=O)Cl)cc1Cl. The molecule has 116 valence electrons. The van der Waals surface area contributed by atoms with Crippen LogP contribution in [0.15, 0.2) is 17.0 Å². The molecule has 1 aliphatic rings. The quantitative estimate of drug-likeness (QED) is 0.807. The molecule has 1 aromatic rings. The highest BCUT2D eigenvalue weighted by molar-refractivity contribution is 8.13. The smallest absolute Gasteiger partial charge is 0.261 e. The maximum absolute atomic E-state index is 12.2. The summed E-state index contributed by atoms with van der Waals surface area (Å²) in [7, 11) is 1.32. The standard InChI is InChI=1S/C13H14Cl3NO3S/c1-7-3-2-4-9(7)13(18)17-12-10(14)5-8(6-11(12)15)21(16,19)20/h5-7,9H,2-4H2,1H3,(H,17,18). The third-order valence-electron chi connectivity index (χ3n) is 3.74.